The zero-order valence-corrected chi connectivity index (χ0v) is 39.1. The molecule has 0 bridgehead atoms. The molecule has 9 nitrogen and oxygen atoms in total. The number of quaternary nitrogens is 1. The monoisotopic (exact) mass is 840 g/mol. The van der Waals surface area contributed by atoms with Gasteiger partial charge in [-0.15, -0.1) is 0 Å². The van der Waals surface area contributed by atoms with E-state index in [-0.39, 0.29) is 26.1 Å². The Bertz CT molecular complexity index is 1090. The zero-order valence-electron chi connectivity index (χ0n) is 38.2. The summed E-state index contributed by atoms with van der Waals surface area (Å²) in [4.78, 5) is 37.6. The van der Waals surface area contributed by atoms with E-state index in [1.54, 1.807) is 0 Å². The molecule has 58 heavy (non-hydrogen) atoms. The van der Waals surface area contributed by atoms with Crippen LogP contribution in [0.1, 0.15) is 206 Å². The van der Waals surface area contributed by atoms with Gasteiger partial charge in [0.1, 0.15) is 19.8 Å². The first-order valence-corrected chi connectivity index (χ1v) is 25.2. The Morgan fingerprint density at radius 1 is 0.534 bits per heavy atom. The Hall–Kier alpha value is -1.77. The van der Waals surface area contributed by atoms with Gasteiger partial charge in [-0.05, 0) is 70.6 Å². The van der Waals surface area contributed by atoms with E-state index < -0.39 is 32.5 Å². The highest BCUT2D eigenvalue weighted by molar-refractivity contribution is 7.45. The van der Waals surface area contributed by atoms with Crippen molar-refractivity contribution in [3.8, 4) is 0 Å². The number of carbonyl (C=O) groups is 2. The van der Waals surface area contributed by atoms with Gasteiger partial charge in [-0.1, -0.05) is 159 Å². The second-order valence-electron chi connectivity index (χ2n) is 17.1. The van der Waals surface area contributed by atoms with E-state index in [0.717, 1.165) is 57.8 Å². The molecule has 0 aromatic heterocycles. The summed E-state index contributed by atoms with van der Waals surface area (Å²) in [7, 11) is 1.16. The van der Waals surface area contributed by atoms with Crippen molar-refractivity contribution in [2.24, 2.45) is 0 Å². The molecule has 0 saturated carbocycles. The fourth-order valence-corrected chi connectivity index (χ4v) is 7.11. The Balaban J connectivity index is 4.32. The van der Waals surface area contributed by atoms with Crippen LogP contribution in [0.3, 0.4) is 0 Å². The van der Waals surface area contributed by atoms with E-state index in [1.165, 1.54) is 109 Å². The lowest BCUT2D eigenvalue weighted by Gasteiger charge is -2.28. The highest BCUT2D eigenvalue weighted by Crippen LogP contribution is 2.38. The number of phosphoric acid groups is 1. The van der Waals surface area contributed by atoms with Crippen LogP contribution in [-0.2, 0) is 32.7 Å². The minimum absolute atomic E-state index is 0.0335. The maximum atomic E-state index is 12.7. The molecule has 10 heteroatoms. The molecule has 0 spiro atoms. The second-order valence-corrected chi connectivity index (χ2v) is 18.5. The van der Waals surface area contributed by atoms with Crippen molar-refractivity contribution < 1.29 is 42.1 Å². The Morgan fingerprint density at radius 3 is 1.41 bits per heavy atom. The van der Waals surface area contributed by atoms with Crippen molar-refractivity contribution in [1.29, 1.82) is 0 Å². The van der Waals surface area contributed by atoms with E-state index in [0.29, 0.717) is 23.9 Å². The first-order valence-electron chi connectivity index (χ1n) is 23.7. The summed E-state index contributed by atoms with van der Waals surface area (Å²) in [6.45, 7) is 4.19. The molecule has 2 atom stereocenters. The van der Waals surface area contributed by atoms with E-state index >= 15 is 0 Å². The molecule has 340 valence electrons. The molecule has 0 aliphatic heterocycles. The van der Waals surface area contributed by atoms with Gasteiger partial charge in [-0.3, -0.25) is 14.2 Å². The normalized spacial score (nSPS) is 13.8. The van der Waals surface area contributed by atoms with Crippen molar-refractivity contribution >= 4 is 19.8 Å². The second kappa shape index (κ2) is 40.6. The van der Waals surface area contributed by atoms with E-state index in [2.05, 4.69) is 50.3 Å². The number of nitrogens with zero attached hydrogens (tertiary/aromatic N) is 1. The number of unbranched alkanes of at least 4 members (excludes halogenated alkanes) is 23. The lowest BCUT2D eigenvalue weighted by atomic mass is 10.1. The van der Waals surface area contributed by atoms with Crippen LogP contribution in [0.4, 0.5) is 0 Å². The molecule has 0 N–H and O–H groups in total. The highest BCUT2D eigenvalue weighted by Gasteiger charge is 2.21. The quantitative estimate of drug-likeness (QED) is 0.0196. The van der Waals surface area contributed by atoms with Crippen LogP contribution in [0, 0.1) is 0 Å². The zero-order chi connectivity index (χ0) is 42.8. The van der Waals surface area contributed by atoms with Gasteiger partial charge in [0.15, 0.2) is 6.10 Å². The first-order chi connectivity index (χ1) is 28.0. The van der Waals surface area contributed by atoms with E-state index in [4.69, 9.17) is 18.5 Å². The van der Waals surface area contributed by atoms with Gasteiger partial charge in [-0.25, -0.2) is 0 Å². The summed E-state index contributed by atoms with van der Waals surface area (Å²) in [6.07, 6.45) is 45.9. The highest BCUT2D eigenvalue weighted by atomic mass is 31.2. The maximum absolute atomic E-state index is 12.7. The van der Waals surface area contributed by atoms with E-state index in [1.807, 2.05) is 21.1 Å². The average Bonchev–Trinajstić information content (AvgIpc) is 3.17. The van der Waals surface area contributed by atoms with Crippen molar-refractivity contribution in [3.63, 3.8) is 0 Å². The number of likely N-dealkylation sites (N-methyl/N-ethyl adjacent to an activating group) is 1. The number of hydrogen-bond acceptors (Lipinski definition) is 8. The van der Waals surface area contributed by atoms with Gasteiger partial charge in [0.05, 0.1) is 27.7 Å². The third-order valence-electron chi connectivity index (χ3n) is 10.1. The van der Waals surface area contributed by atoms with Gasteiger partial charge in [0.2, 0.25) is 0 Å². The van der Waals surface area contributed by atoms with Crippen molar-refractivity contribution in [3.05, 3.63) is 36.5 Å². The van der Waals surface area contributed by atoms with Crippen LogP contribution < -0.4 is 4.89 Å². The number of hydrogen-bond donors (Lipinski definition) is 0. The number of esters is 2. The first kappa shape index (κ1) is 56.2. The number of carbonyl (C=O) groups excluding carboxylic acids is 2. The maximum Gasteiger partial charge on any atom is 0.306 e. The lowest BCUT2D eigenvalue weighted by Crippen LogP contribution is -2.37. The SMILES string of the molecule is CCCCC/C=C/C/C=C/CCCCCCCC(=O)OC[C@H](COP(=O)([O-])OCC[N+](C)(C)C)OC(=O)CCCCCCCCCCC/C=C/CCCCCCCC. The number of ether oxygens (including phenoxy) is 2. The molecule has 0 fully saturated rings. The Kier molecular flexibility index (Phi) is 39.4. The molecule has 0 amide bonds. The summed E-state index contributed by atoms with van der Waals surface area (Å²) in [5, 5.41) is 0. The largest absolute Gasteiger partial charge is 0.756 e. The fraction of sp³-hybridized carbons (Fsp3) is 0.833. The van der Waals surface area contributed by atoms with Crippen LogP contribution in [0.15, 0.2) is 36.5 Å². The average molecular weight is 840 g/mol. The van der Waals surface area contributed by atoms with E-state index in [9.17, 15) is 19.0 Å². The molecule has 0 aliphatic rings. The summed E-state index contributed by atoms with van der Waals surface area (Å²) in [5.74, 6) is -0.849. The standard InChI is InChI=1S/C48H90NO8P/c1-6-8-10-12-14-16-18-20-22-23-24-25-27-29-31-33-35-37-39-41-48(51)57-46(45-56-58(52,53)55-43-42-49(3,4)5)44-54-47(50)40-38-36-34-32-30-28-26-21-19-17-15-13-11-9-7-2/h15,17,20-22,26,46H,6-14,16,18-19,23-25,27-45H2,1-5H3/b17-15+,22-20+,26-21+/t46-/m1/s1. The van der Waals surface area contributed by atoms with Crippen LogP contribution in [0.25, 0.3) is 0 Å². The summed E-state index contributed by atoms with van der Waals surface area (Å²) >= 11 is 0. The Morgan fingerprint density at radius 2 is 0.931 bits per heavy atom. The minimum Gasteiger partial charge on any atom is -0.756 e. The van der Waals surface area contributed by atoms with Crippen LogP contribution in [0.2, 0.25) is 0 Å². The molecule has 1 unspecified atom stereocenters. The third kappa shape index (κ3) is 43.8. The third-order valence-corrected chi connectivity index (χ3v) is 11.1. The molecular weight excluding hydrogens is 750 g/mol. The topological polar surface area (TPSA) is 111 Å². The smallest absolute Gasteiger partial charge is 0.306 e. The van der Waals surface area contributed by atoms with Crippen LogP contribution in [-0.4, -0.2) is 70.0 Å². The van der Waals surface area contributed by atoms with Gasteiger partial charge in [0.25, 0.3) is 7.82 Å². The molecule has 0 heterocycles. The summed E-state index contributed by atoms with van der Waals surface area (Å²) in [5.41, 5.74) is 0. The van der Waals surface area contributed by atoms with Gasteiger partial charge >= 0.3 is 11.9 Å². The molecule has 0 rings (SSSR count). The fourth-order valence-electron chi connectivity index (χ4n) is 6.39. The van der Waals surface area contributed by atoms with Crippen LogP contribution >= 0.6 is 7.82 Å². The molecule has 0 radical (unpaired) electrons. The number of rotatable bonds is 43. The van der Waals surface area contributed by atoms with Crippen molar-refractivity contribution in [2.45, 2.75) is 213 Å². The minimum atomic E-state index is -4.63. The van der Waals surface area contributed by atoms with Crippen molar-refractivity contribution in [2.75, 3.05) is 47.5 Å². The molecule has 0 aliphatic carbocycles. The van der Waals surface area contributed by atoms with Gasteiger partial charge in [-0.2, -0.15) is 0 Å². The van der Waals surface area contributed by atoms with Crippen LogP contribution in [0.5, 0.6) is 0 Å². The van der Waals surface area contributed by atoms with Gasteiger partial charge < -0.3 is 27.9 Å². The van der Waals surface area contributed by atoms with Crippen molar-refractivity contribution in [1.82, 2.24) is 0 Å². The molecule has 0 saturated heterocycles. The molecular formula is C48H90NO8P. The molecule has 0 aromatic carbocycles. The lowest BCUT2D eigenvalue weighted by molar-refractivity contribution is -0.870. The number of phosphoric ester groups is 1. The predicted octanol–water partition coefficient (Wildman–Crippen LogP) is 13.1. The number of allylic oxidation sites excluding steroid dienone is 6. The van der Waals surface area contributed by atoms with Gasteiger partial charge in [0, 0.05) is 12.8 Å². The summed E-state index contributed by atoms with van der Waals surface area (Å²) < 4.78 is 33.9. The summed E-state index contributed by atoms with van der Waals surface area (Å²) in [6, 6.07) is 0. The Labute approximate surface area is 357 Å². The molecule has 0 aromatic rings. The predicted molar refractivity (Wildman–Crippen MR) is 241 cm³/mol.